The first-order valence-electron chi connectivity index (χ1n) is 5.50. The minimum absolute atomic E-state index is 0.0748. The number of benzene rings is 1. The summed E-state index contributed by atoms with van der Waals surface area (Å²) in [6.07, 6.45) is 0. The Morgan fingerprint density at radius 3 is 2.62 bits per heavy atom. The van der Waals surface area contributed by atoms with Crippen molar-refractivity contribution >= 4 is 11.6 Å². The monoisotopic (exact) mass is 219 g/mol. The number of methoxy groups -OCH3 is 1. The van der Waals surface area contributed by atoms with Crippen molar-refractivity contribution in [3.05, 3.63) is 23.8 Å². The highest BCUT2D eigenvalue weighted by atomic mass is 16.5. The first-order chi connectivity index (χ1) is 7.50. The van der Waals surface area contributed by atoms with Crippen molar-refractivity contribution in [2.45, 2.75) is 26.2 Å². The third-order valence-electron chi connectivity index (χ3n) is 3.66. The second-order valence-electron chi connectivity index (χ2n) is 4.72. The van der Waals surface area contributed by atoms with Crippen LogP contribution >= 0.6 is 0 Å². The van der Waals surface area contributed by atoms with Gasteiger partial charge in [0.15, 0.2) is 0 Å². The number of rotatable bonds is 2. The SMILES string of the molecule is COc1ccc2c(c1)C(C)(C(C)C)C(=O)N2. The third kappa shape index (κ3) is 1.31. The Hall–Kier alpha value is -1.51. The molecule has 3 nitrogen and oxygen atoms in total. The zero-order valence-electron chi connectivity index (χ0n) is 10.1. The molecule has 1 aliphatic rings. The molecule has 3 heteroatoms. The van der Waals surface area contributed by atoms with E-state index in [-0.39, 0.29) is 11.8 Å². The molecular weight excluding hydrogens is 202 g/mol. The van der Waals surface area contributed by atoms with Crippen molar-refractivity contribution < 1.29 is 9.53 Å². The van der Waals surface area contributed by atoms with E-state index in [0.29, 0.717) is 0 Å². The van der Waals surface area contributed by atoms with Crippen LogP contribution < -0.4 is 10.1 Å². The van der Waals surface area contributed by atoms with Crippen LogP contribution in [0.4, 0.5) is 5.69 Å². The highest BCUT2D eigenvalue weighted by Gasteiger charge is 2.45. The third-order valence-corrected chi connectivity index (χ3v) is 3.66. The number of hydrogen-bond donors (Lipinski definition) is 1. The smallest absolute Gasteiger partial charge is 0.235 e. The van der Waals surface area contributed by atoms with Gasteiger partial charge < -0.3 is 10.1 Å². The van der Waals surface area contributed by atoms with Crippen LogP contribution in [-0.2, 0) is 10.2 Å². The van der Waals surface area contributed by atoms with E-state index in [4.69, 9.17) is 4.74 Å². The number of anilines is 1. The maximum Gasteiger partial charge on any atom is 0.235 e. The Bertz CT molecular complexity index is 440. The van der Waals surface area contributed by atoms with Gasteiger partial charge in [-0.1, -0.05) is 13.8 Å². The largest absolute Gasteiger partial charge is 0.497 e. The standard InChI is InChI=1S/C13H17NO2/c1-8(2)13(3)10-7-9(16-4)5-6-11(10)14-12(13)15/h5-8H,1-4H3,(H,14,15). The molecule has 1 N–H and O–H groups in total. The molecule has 16 heavy (non-hydrogen) atoms. The van der Waals surface area contributed by atoms with Gasteiger partial charge in [0.1, 0.15) is 5.75 Å². The molecule has 1 heterocycles. The van der Waals surface area contributed by atoms with Crippen LogP contribution in [0.2, 0.25) is 0 Å². The second kappa shape index (κ2) is 3.51. The molecular formula is C13H17NO2. The molecule has 1 unspecified atom stereocenters. The lowest BCUT2D eigenvalue weighted by Crippen LogP contribution is -2.36. The average molecular weight is 219 g/mol. The number of nitrogens with one attached hydrogen (secondary N) is 1. The van der Waals surface area contributed by atoms with E-state index in [1.165, 1.54) is 0 Å². The van der Waals surface area contributed by atoms with E-state index in [2.05, 4.69) is 19.2 Å². The van der Waals surface area contributed by atoms with E-state index >= 15 is 0 Å². The quantitative estimate of drug-likeness (QED) is 0.830. The fourth-order valence-corrected chi connectivity index (χ4v) is 2.14. The molecule has 0 saturated carbocycles. The Balaban J connectivity index is 2.58. The van der Waals surface area contributed by atoms with Crippen LogP contribution in [0.5, 0.6) is 5.75 Å². The average Bonchev–Trinajstić information content (AvgIpc) is 2.52. The van der Waals surface area contributed by atoms with Crippen LogP contribution in [-0.4, -0.2) is 13.0 Å². The van der Waals surface area contributed by atoms with Crippen molar-refractivity contribution in [2.24, 2.45) is 5.92 Å². The molecule has 86 valence electrons. The lowest BCUT2D eigenvalue weighted by molar-refractivity contribution is -0.121. The van der Waals surface area contributed by atoms with E-state index in [9.17, 15) is 4.79 Å². The van der Waals surface area contributed by atoms with E-state index in [1.807, 2.05) is 25.1 Å². The van der Waals surface area contributed by atoms with E-state index in [1.54, 1.807) is 7.11 Å². The molecule has 1 aromatic rings. The summed E-state index contributed by atoms with van der Waals surface area (Å²) in [5, 5.41) is 2.93. The van der Waals surface area contributed by atoms with Crippen LogP contribution in [0.15, 0.2) is 18.2 Å². The Morgan fingerprint density at radius 2 is 2.06 bits per heavy atom. The van der Waals surface area contributed by atoms with Crippen LogP contribution in [0, 0.1) is 5.92 Å². The van der Waals surface area contributed by atoms with Gasteiger partial charge in [-0.3, -0.25) is 4.79 Å². The summed E-state index contributed by atoms with van der Waals surface area (Å²) in [6, 6.07) is 5.72. The van der Waals surface area contributed by atoms with Crippen molar-refractivity contribution in [1.29, 1.82) is 0 Å². The molecule has 2 rings (SSSR count). The minimum atomic E-state index is -0.454. The van der Waals surface area contributed by atoms with Gasteiger partial charge in [-0.05, 0) is 36.6 Å². The molecule has 1 aromatic carbocycles. The molecule has 0 aromatic heterocycles. The Kier molecular flexibility index (Phi) is 2.41. The molecule has 1 amide bonds. The molecule has 0 aliphatic carbocycles. The summed E-state index contributed by atoms with van der Waals surface area (Å²) in [6.45, 7) is 6.11. The van der Waals surface area contributed by atoms with Gasteiger partial charge in [0.2, 0.25) is 5.91 Å². The van der Waals surface area contributed by atoms with Crippen molar-refractivity contribution in [1.82, 2.24) is 0 Å². The van der Waals surface area contributed by atoms with E-state index in [0.717, 1.165) is 17.0 Å². The normalized spacial score (nSPS) is 23.2. The van der Waals surface area contributed by atoms with Crippen molar-refractivity contribution in [3.63, 3.8) is 0 Å². The highest BCUT2D eigenvalue weighted by molar-refractivity contribution is 6.06. The van der Waals surface area contributed by atoms with Crippen LogP contribution in [0.25, 0.3) is 0 Å². The number of carbonyl (C=O) groups is 1. The zero-order chi connectivity index (χ0) is 11.9. The molecule has 1 atom stereocenters. The maximum absolute atomic E-state index is 12.0. The summed E-state index contributed by atoms with van der Waals surface area (Å²) >= 11 is 0. The molecule has 0 spiro atoms. The van der Waals surface area contributed by atoms with Crippen molar-refractivity contribution in [3.8, 4) is 5.75 Å². The maximum atomic E-state index is 12.0. The van der Waals surface area contributed by atoms with Gasteiger partial charge in [0, 0.05) is 5.69 Å². The topological polar surface area (TPSA) is 38.3 Å². The zero-order valence-corrected chi connectivity index (χ0v) is 10.1. The summed E-state index contributed by atoms with van der Waals surface area (Å²) in [7, 11) is 1.64. The fourth-order valence-electron chi connectivity index (χ4n) is 2.14. The Morgan fingerprint density at radius 1 is 1.38 bits per heavy atom. The van der Waals surface area contributed by atoms with Gasteiger partial charge in [-0.15, -0.1) is 0 Å². The summed E-state index contributed by atoms with van der Waals surface area (Å²) in [4.78, 5) is 12.0. The Labute approximate surface area is 95.8 Å². The van der Waals surface area contributed by atoms with Crippen LogP contribution in [0.1, 0.15) is 26.3 Å². The first-order valence-corrected chi connectivity index (χ1v) is 5.50. The number of amides is 1. The molecule has 0 bridgehead atoms. The summed E-state index contributed by atoms with van der Waals surface area (Å²) in [5.41, 5.74) is 1.48. The predicted molar refractivity (Wildman–Crippen MR) is 63.8 cm³/mol. The van der Waals surface area contributed by atoms with Gasteiger partial charge in [0.05, 0.1) is 12.5 Å². The minimum Gasteiger partial charge on any atom is -0.497 e. The molecule has 0 fully saturated rings. The number of ether oxygens (including phenoxy) is 1. The second-order valence-corrected chi connectivity index (χ2v) is 4.72. The predicted octanol–water partition coefficient (Wildman–Crippen LogP) is 2.56. The lowest BCUT2D eigenvalue weighted by atomic mass is 9.74. The van der Waals surface area contributed by atoms with Crippen LogP contribution in [0.3, 0.4) is 0 Å². The lowest BCUT2D eigenvalue weighted by Gasteiger charge is -2.26. The fraction of sp³-hybridized carbons (Fsp3) is 0.462. The van der Waals surface area contributed by atoms with Gasteiger partial charge in [-0.2, -0.15) is 0 Å². The number of fused-ring (bicyclic) bond motifs is 1. The van der Waals surface area contributed by atoms with E-state index < -0.39 is 5.41 Å². The summed E-state index contributed by atoms with van der Waals surface area (Å²) < 4.78 is 5.21. The molecule has 1 aliphatic heterocycles. The number of carbonyl (C=O) groups excluding carboxylic acids is 1. The molecule has 0 radical (unpaired) electrons. The molecule has 0 saturated heterocycles. The summed E-state index contributed by atoms with van der Waals surface area (Å²) in [5.74, 6) is 1.12. The highest BCUT2D eigenvalue weighted by Crippen LogP contribution is 2.43. The van der Waals surface area contributed by atoms with Crippen molar-refractivity contribution in [2.75, 3.05) is 12.4 Å². The van der Waals surface area contributed by atoms with Gasteiger partial charge in [-0.25, -0.2) is 0 Å². The van der Waals surface area contributed by atoms with Gasteiger partial charge >= 0.3 is 0 Å². The first kappa shape index (κ1) is 11.0. The number of hydrogen-bond acceptors (Lipinski definition) is 2. The van der Waals surface area contributed by atoms with Gasteiger partial charge in [0.25, 0.3) is 0 Å².